The van der Waals surface area contributed by atoms with Gasteiger partial charge in [-0.15, -0.1) is 0 Å². The monoisotopic (exact) mass is 594 g/mol. The Balaban J connectivity index is 1.45. The second-order valence-electron chi connectivity index (χ2n) is 11.8. The Morgan fingerprint density at radius 2 is 1.57 bits per heavy atom. The Morgan fingerprint density at radius 1 is 0.795 bits per heavy atom. The lowest BCUT2D eigenvalue weighted by atomic mass is 9.88. The smallest absolute Gasteiger partial charge is 0.204 e. The van der Waals surface area contributed by atoms with E-state index in [4.69, 9.17) is 23.7 Å². The largest absolute Gasteiger partial charge is 0.504 e. The number of benzene rings is 4. The summed E-state index contributed by atoms with van der Waals surface area (Å²) in [6.07, 6.45) is 3.20. The third-order valence-corrected chi connectivity index (χ3v) is 9.19. The molecule has 8 rings (SSSR count). The van der Waals surface area contributed by atoms with Crippen LogP contribution in [0.5, 0.6) is 46.0 Å². The van der Waals surface area contributed by atoms with E-state index in [1.54, 1.807) is 27.4 Å². The Labute approximate surface area is 258 Å². The van der Waals surface area contributed by atoms with E-state index >= 15 is 0 Å². The minimum absolute atomic E-state index is 0.0911. The maximum Gasteiger partial charge on any atom is 0.204 e. The first kappa shape index (κ1) is 28.4. The van der Waals surface area contributed by atoms with Crippen molar-refractivity contribution in [3.63, 3.8) is 0 Å². The van der Waals surface area contributed by atoms with Crippen molar-refractivity contribution in [3.05, 3.63) is 94.0 Å². The first-order valence-corrected chi connectivity index (χ1v) is 15.1. The molecule has 0 aromatic heterocycles. The van der Waals surface area contributed by atoms with E-state index in [1.807, 2.05) is 24.3 Å². The van der Waals surface area contributed by atoms with Crippen molar-refractivity contribution in [2.45, 2.75) is 37.8 Å². The maximum absolute atomic E-state index is 10.7. The molecule has 0 fully saturated rings. The number of methoxy groups -OCH3 is 3. The number of hydrogen-bond acceptors (Lipinski definition) is 8. The average Bonchev–Trinajstić information content (AvgIpc) is 3.04. The van der Waals surface area contributed by atoms with Crippen molar-refractivity contribution in [1.29, 1.82) is 0 Å². The van der Waals surface area contributed by atoms with Crippen molar-refractivity contribution in [2.24, 2.45) is 0 Å². The first-order valence-electron chi connectivity index (χ1n) is 15.1. The highest BCUT2D eigenvalue weighted by Crippen LogP contribution is 2.50. The van der Waals surface area contributed by atoms with Crippen LogP contribution in [0.15, 0.2) is 60.7 Å². The topological polar surface area (TPSA) is 81.7 Å². The Kier molecular flexibility index (Phi) is 7.48. The summed E-state index contributed by atoms with van der Waals surface area (Å²) >= 11 is 0. The fourth-order valence-corrected chi connectivity index (χ4v) is 6.87. The molecular weight excluding hydrogens is 556 g/mol. The number of likely N-dealkylation sites (N-methyl/N-ethyl adjacent to an activating group) is 1. The molecule has 2 N–H and O–H groups in total. The lowest BCUT2D eigenvalue weighted by Gasteiger charge is -2.36. The molecule has 228 valence electrons. The fourth-order valence-electron chi connectivity index (χ4n) is 6.87. The van der Waals surface area contributed by atoms with Gasteiger partial charge in [-0.25, -0.2) is 0 Å². The average molecular weight is 595 g/mol. The first-order chi connectivity index (χ1) is 21.4. The van der Waals surface area contributed by atoms with Gasteiger partial charge in [-0.2, -0.15) is 0 Å². The summed E-state index contributed by atoms with van der Waals surface area (Å²) < 4.78 is 30.8. The summed E-state index contributed by atoms with van der Waals surface area (Å²) in [5.41, 5.74) is 6.85. The number of phenols is 1. The molecule has 4 aromatic rings. The van der Waals surface area contributed by atoms with Crippen LogP contribution in [0.2, 0.25) is 0 Å². The zero-order chi connectivity index (χ0) is 30.4. The molecule has 44 heavy (non-hydrogen) atoms. The second-order valence-corrected chi connectivity index (χ2v) is 11.8. The highest BCUT2D eigenvalue weighted by atomic mass is 16.5. The zero-order valence-corrected chi connectivity index (χ0v) is 25.6. The van der Waals surface area contributed by atoms with Crippen molar-refractivity contribution >= 4 is 0 Å². The number of nitrogens with zero attached hydrogens (tertiary/aromatic N) is 1. The highest BCUT2D eigenvalue weighted by molar-refractivity contribution is 5.63. The Bertz CT molecular complexity index is 1700. The molecule has 8 heteroatoms. The molecule has 6 bridgehead atoms. The maximum atomic E-state index is 10.7. The quantitative estimate of drug-likeness (QED) is 0.278. The number of hydrogen-bond donors (Lipinski definition) is 2. The molecule has 4 aliphatic heterocycles. The number of nitrogens with one attached hydrogen (secondary N) is 1. The number of ether oxygens (including phenoxy) is 5. The Morgan fingerprint density at radius 3 is 2.34 bits per heavy atom. The van der Waals surface area contributed by atoms with Gasteiger partial charge < -0.3 is 34.1 Å². The third kappa shape index (κ3) is 5.08. The van der Waals surface area contributed by atoms with Gasteiger partial charge in [0, 0.05) is 24.2 Å². The molecule has 0 amide bonds. The van der Waals surface area contributed by atoms with Gasteiger partial charge in [0.15, 0.2) is 34.5 Å². The van der Waals surface area contributed by atoms with Crippen molar-refractivity contribution in [2.75, 3.05) is 41.5 Å². The van der Waals surface area contributed by atoms with Gasteiger partial charge in [0.1, 0.15) is 5.75 Å². The molecule has 4 aliphatic rings. The lowest BCUT2D eigenvalue weighted by molar-refractivity contribution is 0.228. The van der Waals surface area contributed by atoms with Crippen molar-refractivity contribution < 1.29 is 28.8 Å². The molecular formula is C36H38N2O6. The molecule has 0 unspecified atom stereocenters. The predicted molar refractivity (Wildman–Crippen MR) is 168 cm³/mol. The minimum atomic E-state index is -0.0911. The van der Waals surface area contributed by atoms with Gasteiger partial charge in [-0.1, -0.05) is 18.2 Å². The van der Waals surface area contributed by atoms with E-state index in [1.165, 1.54) is 16.7 Å². The normalized spacial score (nSPS) is 19.1. The van der Waals surface area contributed by atoms with Crippen LogP contribution in [0.3, 0.4) is 0 Å². The highest BCUT2D eigenvalue weighted by Gasteiger charge is 2.32. The van der Waals surface area contributed by atoms with Gasteiger partial charge in [-0.3, -0.25) is 4.90 Å². The van der Waals surface area contributed by atoms with Crippen LogP contribution in [0, 0.1) is 0 Å². The van der Waals surface area contributed by atoms with Crippen LogP contribution < -0.4 is 29.0 Å². The van der Waals surface area contributed by atoms with Crippen LogP contribution in [-0.2, 0) is 25.7 Å². The van der Waals surface area contributed by atoms with Crippen LogP contribution in [0.1, 0.15) is 45.5 Å². The van der Waals surface area contributed by atoms with E-state index in [2.05, 4.69) is 47.6 Å². The molecule has 0 saturated heterocycles. The zero-order valence-electron chi connectivity index (χ0n) is 25.6. The lowest BCUT2D eigenvalue weighted by Crippen LogP contribution is -2.33. The molecule has 8 nitrogen and oxygen atoms in total. The van der Waals surface area contributed by atoms with E-state index < -0.39 is 0 Å². The summed E-state index contributed by atoms with van der Waals surface area (Å²) in [5.74, 6) is 4.31. The van der Waals surface area contributed by atoms with Crippen LogP contribution in [0.4, 0.5) is 0 Å². The van der Waals surface area contributed by atoms with Gasteiger partial charge in [-0.05, 0) is 110 Å². The van der Waals surface area contributed by atoms with Crippen LogP contribution in [-0.4, -0.2) is 51.5 Å². The number of aromatic hydroxyl groups is 1. The third-order valence-electron chi connectivity index (χ3n) is 9.19. The molecule has 0 radical (unpaired) electrons. The standard InChI is InChI=1S/C36H38N2O6/c1-38-14-12-23-18-31(40-2)32-20-26(23)28(38)16-21-5-8-25(9-6-21)43-30-17-22(7-10-29(30)39)15-27-34-24(11-13-37-27)19-33(41-3)35(42-4)36(34)44-32/h5-10,17-20,27-28,37,39H,11-16H2,1-4H3/t27-,28+/m0/s1. The number of phenolic OH excluding ortho intramolecular Hbond substituents is 1. The van der Waals surface area contributed by atoms with E-state index in [9.17, 15) is 5.11 Å². The van der Waals surface area contributed by atoms with Gasteiger partial charge in [0.2, 0.25) is 5.75 Å². The summed E-state index contributed by atoms with van der Waals surface area (Å²) in [6.45, 7) is 1.75. The summed E-state index contributed by atoms with van der Waals surface area (Å²) in [5, 5.41) is 14.4. The molecule has 4 aromatic carbocycles. The molecule has 0 spiro atoms. The second kappa shape index (κ2) is 11.6. The van der Waals surface area contributed by atoms with Gasteiger partial charge in [0.25, 0.3) is 0 Å². The molecule has 4 heterocycles. The minimum Gasteiger partial charge on any atom is -0.504 e. The van der Waals surface area contributed by atoms with Crippen molar-refractivity contribution in [3.8, 4) is 46.0 Å². The van der Waals surface area contributed by atoms with Gasteiger partial charge >= 0.3 is 0 Å². The molecule has 0 aliphatic carbocycles. The fraction of sp³-hybridized carbons (Fsp3) is 0.333. The van der Waals surface area contributed by atoms with Crippen LogP contribution in [0.25, 0.3) is 0 Å². The summed E-state index contributed by atoms with van der Waals surface area (Å²) in [7, 11) is 7.16. The van der Waals surface area contributed by atoms with Crippen molar-refractivity contribution in [1.82, 2.24) is 10.2 Å². The van der Waals surface area contributed by atoms with E-state index in [-0.39, 0.29) is 17.8 Å². The van der Waals surface area contributed by atoms with Gasteiger partial charge in [0.05, 0.1) is 21.3 Å². The molecule has 0 saturated carbocycles. The Hall–Kier alpha value is -4.40. The van der Waals surface area contributed by atoms with E-state index in [0.29, 0.717) is 46.7 Å². The summed E-state index contributed by atoms with van der Waals surface area (Å²) in [6, 6.07) is 20.1. The number of rotatable bonds is 3. The predicted octanol–water partition coefficient (Wildman–Crippen LogP) is 6.52. The number of fused-ring (bicyclic) bond motifs is 2. The van der Waals surface area contributed by atoms with Crippen LogP contribution >= 0.6 is 0 Å². The van der Waals surface area contributed by atoms with E-state index in [0.717, 1.165) is 49.0 Å². The summed E-state index contributed by atoms with van der Waals surface area (Å²) in [4.78, 5) is 2.40. The molecule has 2 atom stereocenters. The SMILES string of the molecule is COc1cc2c3cc1Oc1c(OC)c(OC)cc4c1[C@H](Cc1ccc(O)c(c1)Oc1ccc(cc1)C[C@H]3N(C)CC2)NCC4.